The Bertz CT molecular complexity index is 895. The summed E-state index contributed by atoms with van der Waals surface area (Å²) in [4.78, 5) is 38.5. The molecule has 0 saturated carbocycles. The van der Waals surface area contributed by atoms with Gasteiger partial charge in [0.15, 0.2) is 0 Å². The van der Waals surface area contributed by atoms with Crippen LogP contribution in [0.3, 0.4) is 0 Å². The number of hydrogen-bond donors (Lipinski definition) is 0. The standard InChI is InChI=1S/C20H23NO6/c1-3-25-15-6-5-14-11-16(20(24)27-17(14)12-15)18(22)21-9-7-13(8-10-21)19(23)26-4-2/h5-6,11-13H,3-4,7-10H2,1-2H3. The van der Waals surface area contributed by atoms with Gasteiger partial charge in [-0.05, 0) is 44.9 Å². The number of carbonyl (C=O) groups excluding carboxylic acids is 2. The lowest BCUT2D eigenvalue weighted by atomic mass is 9.96. The molecule has 3 rings (SSSR count). The average molecular weight is 373 g/mol. The second-order valence-corrected chi connectivity index (χ2v) is 6.40. The van der Waals surface area contributed by atoms with Crippen molar-refractivity contribution >= 4 is 22.8 Å². The van der Waals surface area contributed by atoms with Crippen LogP contribution in [0.4, 0.5) is 0 Å². The third-order valence-corrected chi connectivity index (χ3v) is 4.65. The Morgan fingerprint density at radius 1 is 1.15 bits per heavy atom. The molecule has 7 heteroatoms. The maximum absolute atomic E-state index is 12.8. The van der Waals surface area contributed by atoms with E-state index in [0.717, 1.165) is 0 Å². The van der Waals surface area contributed by atoms with Crippen LogP contribution in [0.25, 0.3) is 11.0 Å². The predicted molar refractivity (Wildman–Crippen MR) is 98.9 cm³/mol. The number of rotatable bonds is 5. The Kier molecular flexibility index (Phi) is 5.78. The molecule has 1 saturated heterocycles. The molecule has 1 aliphatic rings. The van der Waals surface area contributed by atoms with E-state index in [0.29, 0.717) is 55.9 Å². The van der Waals surface area contributed by atoms with Gasteiger partial charge in [0.05, 0.1) is 19.1 Å². The topological polar surface area (TPSA) is 86.1 Å². The van der Waals surface area contributed by atoms with Crippen LogP contribution in [-0.4, -0.2) is 43.1 Å². The first-order valence-electron chi connectivity index (χ1n) is 9.20. The SMILES string of the molecule is CCOC(=O)C1CCN(C(=O)c2cc3ccc(OCC)cc3oc2=O)CC1. The number of esters is 1. The van der Waals surface area contributed by atoms with E-state index in [1.54, 1.807) is 36.1 Å². The second kappa shape index (κ2) is 8.24. The first-order chi connectivity index (χ1) is 13.0. The molecule has 144 valence electrons. The second-order valence-electron chi connectivity index (χ2n) is 6.40. The predicted octanol–water partition coefficient (Wildman–Crippen LogP) is 2.61. The highest BCUT2D eigenvalue weighted by atomic mass is 16.5. The van der Waals surface area contributed by atoms with Gasteiger partial charge in [0, 0.05) is 24.5 Å². The van der Waals surface area contributed by atoms with Gasteiger partial charge in [-0.2, -0.15) is 0 Å². The summed E-state index contributed by atoms with van der Waals surface area (Å²) in [7, 11) is 0. The Balaban J connectivity index is 1.76. The molecule has 1 fully saturated rings. The lowest BCUT2D eigenvalue weighted by molar-refractivity contribution is -0.149. The summed E-state index contributed by atoms with van der Waals surface area (Å²) in [6.45, 7) is 5.31. The highest BCUT2D eigenvalue weighted by Gasteiger charge is 2.30. The molecule has 0 radical (unpaired) electrons. The summed E-state index contributed by atoms with van der Waals surface area (Å²) in [6.07, 6.45) is 1.06. The van der Waals surface area contributed by atoms with E-state index in [1.807, 2.05) is 6.92 Å². The smallest absolute Gasteiger partial charge is 0.349 e. The van der Waals surface area contributed by atoms with Gasteiger partial charge in [0.2, 0.25) is 0 Å². The number of benzene rings is 1. The number of amides is 1. The van der Waals surface area contributed by atoms with E-state index in [1.165, 1.54) is 0 Å². The third-order valence-electron chi connectivity index (χ3n) is 4.65. The molecule has 0 spiro atoms. The molecule has 0 bridgehead atoms. The van der Waals surface area contributed by atoms with Crippen LogP contribution in [0.15, 0.2) is 33.5 Å². The van der Waals surface area contributed by atoms with Crippen LogP contribution in [0.2, 0.25) is 0 Å². The van der Waals surface area contributed by atoms with E-state index in [4.69, 9.17) is 13.9 Å². The van der Waals surface area contributed by atoms with Crippen molar-refractivity contribution in [1.82, 2.24) is 4.90 Å². The van der Waals surface area contributed by atoms with E-state index < -0.39 is 5.63 Å². The minimum absolute atomic E-state index is 0.00115. The van der Waals surface area contributed by atoms with Crippen LogP contribution in [0.1, 0.15) is 37.0 Å². The summed E-state index contributed by atoms with van der Waals surface area (Å²) < 4.78 is 15.8. The number of likely N-dealkylation sites (tertiary alicyclic amines) is 1. The van der Waals surface area contributed by atoms with Crippen molar-refractivity contribution in [3.63, 3.8) is 0 Å². The van der Waals surface area contributed by atoms with Gasteiger partial charge in [0.25, 0.3) is 5.91 Å². The number of ether oxygens (including phenoxy) is 2. The lowest BCUT2D eigenvalue weighted by Gasteiger charge is -2.30. The quantitative estimate of drug-likeness (QED) is 0.591. The molecule has 1 aliphatic heterocycles. The molecule has 7 nitrogen and oxygen atoms in total. The Labute approximate surface area is 156 Å². The molecule has 1 aromatic carbocycles. The molecular formula is C20H23NO6. The molecule has 2 heterocycles. The van der Waals surface area contributed by atoms with Gasteiger partial charge >= 0.3 is 11.6 Å². The Morgan fingerprint density at radius 3 is 2.56 bits per heavy atom. The fourth-order valence-electron chi connectivity index (χ4n) is 3.25. The maximum Gasteiger partial charge on any atom is 0.349 e. The monoisotopic (exact) mass is 373 g/mol. The zero-order valence-electron chi connectivity index (χ0n) is 15.5. The Hall–Kier alpha value is -2.83. The van der Waals surface area contributed by atoms with Crippen LogP contribution in [-0.2, 0) is 9.53 Å². The molecule has 0 atom stereocenters. The van der Waals surface area contributed by atoms with Crippen molar-refractivity contribution < 1.29 is 23.5 Å². The molecule has 0 unspecified atom stereocenters. The molecule has 0 aliphatic carbocycles. The van der Waals surface area contributed by atoms with E-state index in [2.05, 4.69) is 0 Å². The number of hydrogen-bond acceptors (Lipinski definition) is 6. The number of nitrogens with zero attached hydrogens (tertiary/aromatic N) is 1. The number of fused-ring (bicyclic) bond motifs is 1. The van der Waals surface area contributed by atoms with Crippen molar-refractivity contribution in [2.24, 2.45) is 5.92 Å². The number of carbonyl (C=O) groups is 2. The molecule has 2 aromatic rings. The van der Waals surface area contributed by atoms with E-state index in [-0.39, 0.29) is 23.4 Å². The van der Waals surface area contributed by atoms with Gasteiger partial charge in [-0.15, -0.1) is 0 Å². The van der Waals surface area contributed by atoms with Crippen LogP contribution in [0, 0.1) is 5.92 Å². The van der Waals surface area contributed by atoms with Crippen molar-refractivity contribution in [2.45, 2.75) is 26.7 Å². The summed E-state index contributed by atoms with van der Waals surface area (Å²) >= 11 is 0. The highest BCUT2D eigenvalue weighted by Crippen LogP contribution is 2.23. The van der Waals surface area contributed by atoms with Crippen LogP contribution in [0.5, 0.6) is 5.75 Å². The van der Waals surface area contributed by atoms with Gasteiger partial charge in [-0.25, -0.2) is 4.79 Å². The normalized spacial score (nSPS) is 15.0. The fraction of sp³-hybridized carbons (Fsp3) is 0.450. The summed E-state index contributed by atoms with van der Waals surface area (Å²) in [5, 5.41) is 0.655. The van der Waals surface area contributed by atoms with Crippen LogP contribution < -0.4 is 10.4 Å². The zero-order valence-corrected chi connectivity index (χ0v) is 15.5. The zero-order chi connectivity index (χ0) is 19.4. The van der Waals surface area contributed by atoms with Crippen molar-refractivity contribution in [1.29, 1.82) is 0 Å². The largest absolute Gasteiger partial charge is 0.494 e. The van der Waals surface area contributed by atoms with Gasteiger partial charge in [-0.3, -0.25) is 9.59 Å². The van der Waals surface area contributed by atoms with Gasteiger partial charge in [0.1, 0.15) is 16.9 Å². The fourth-order valence-corrected chi connectivity index (χ4v) is 3.25. The average Bonchev–Trinajstić information content (AvgIpc) is 2.67. The minimum atomic E-state index is -0.673. The van der Waals surface area contributed by atoms with Gasteiger partial charge < -0.3 is 18.8 Å². The van der Waals surface area contributed by atoms with Gasteiger partial charge in [-0.1, -0.05) is 0 Å². The van der Waals surface area contributed by atoms with Crippen molar-refractivity contribution in [3.05, 3.63) is 40.2 Å². The minimum Gasteiger partial charge on any atom is -0.494 e. The molecule has 0 N–H and O–H groups in total. The number of piperidine rings is 1. The molecular weight excluding hydrogens is 350 g/mol. The molecule has 1 aromatic heterocycles. The van der Waals surface area contributed by atoms with Crippen LogP contribution >= 0.6 is 0 Å². The highest BCUT2D eigenvalue weighted by molar-refractivity contribution is 5.97. The van der Waals surface area contributed by atoms with E-state index in [9.17, 15) is 14.4 Å². The first kappa shape index (κ1) is 18.9. The van der Waals surface area contributed by atoms with Crippen molar-refractivity contribution in [2.75, 3.05) is 26.3 Å². The Morgan fingerprint density at radius 2 is 1.89 bits per heavy atom. The lowest BCUT2D eigenvalue weighted by Crippen LogP contribution is -2.42. The molecule has 27 heavy (non-hydrogen) atoms. The summed E-state index contributed by atoms with van der Waals surface area (Å²) in [6, 6.07) is 6.72. The molecule has 1 amide bonds. The van der Waals surface area contributed by atoms with E-state index >= 15 is 0 Å². The summed E-state index contributed by atoms with van der Waals surface area (Å²) in [5.41, 5.74) is -0.293. The third kappa shape index (κ3) is 4.13. The summed E-state index contributed by atoms with van der Waals surface area (Å²) in [5.74, 6) is -0.186. The van der Waals surface area contributed by atoms with Crippen molar-refractivity contribution in [3.8, 4) is 5.75 Å². The first-order valence-corrected chi connectivity index (χ1v) is 9.20. The maximum atomic E-state index is 12.8.